The number of benzene rings is 3. The zero-order valence-electron chi connectivity index (χ0n) is 18.0. The van der Waals surface area contributed by atoms with Crippen molar-refractivity contribution in [1.82, 2.24) is 4.90 Å². The standard InChI is InChI=1S/C24H18BrN5O4/c1-2-30-23(33)15-7-12(9-26)22(20(25)19(15)24(30)34)29-28-16-8-11-6-13(31)10-27-21(11)14-4-3-5-17(32)18(14)16/h3-5,7-8,13,27,31-32H,2,6,10H2,1H3. The van der Waals surface area contributed by atoms with Crippen LogP contribution in [0.4, 0.5) is 17.1 Å². The molecule has 0 saturated heterocycles. The van der Waals surface area contributed by atoms with Crippen LogP contribution in [0.15, 0.2) is 45.0 Å². The summed E-state index contributed by atoms with van der Waals surface area (Å²) in [7, 11) is 0. The lowest BCUT2D eigenvalue weighted by Crippen LogP contribution is -2.29. The number of nitriles is 1. The van der Waals surface area contributed by atoms with E-state index in [1.54, 1.807) is 25.1 Å². The van der Waals surface area contributed by atoms with Gasteiger partial charge in [0.1, 0.15) is 17.5 Å². The highest BCUT2D eigenvalue weighted by Crippen LogP contribution is 2.44. The largest absolute Gasteiger partial charge is 0.507 e. The molecular weight excluding hydrogens is 502 g/mol. The van der Waals surface area contributed by atoms with E-state index in [0.717, 1.165) is 21.5 Å². The van der Waals surface area contributed by atoms with Gasteiger partial charge in [-0.15, -0.1) is 10.2 Å². The molecule has 2 amide bonds. The smallest absolute Gasteiger partial charge is 0.262 e. The Morgan fingerprint density at radius 1 is 1.26 bits per heavy atom. The van der Waals surface area contributed by atoms with Gasteiger partial charge in [0.15, 0.2) is 0 Å². The summed E-state index contributed by atoms with van der Waals surface area (Å²) in [6, 6.07) is 10.2. The molecule has 2 aliphatic heterocycles. The van der Waals surface area contributed by atoms with Gasteiger partial charge in [-0.1, -0.05) is 12.1 Å². The van der Waals surface area contributed by atoms with Crippen LogP contribution in [-0.2, 0) is 6.42 Å². The van der Waals surface area contributed by atoms with E-state index < -0.39 is 17.9 Å². The molecular formula is C24H18BrN5O4. The predicted octanol–water partition coefficient (Wildman–Crippen LogP) is 4.54. The van der Waals surface area contributed by atoms with E-state index in [1.165, 1.54) is 6.07 Å². The molecule has 0 saturated carbocycles. The minimum Gasteiger partial charge on any atom is -0.507 e. The first kappa shape index (κ1) is 22.0. The van der Waals surface area contributed by atoms with E-state index in [1.807, 2.05) is 12.1 Å². The Balaban J connectivity index is 1.69. The SMILES string of the molecule is CCN1C(=O)c2cc(C#N)c(N=Nc3cc4c(c5cccc(O)c35)NCC(O)C4)c(Br)c2C1=O. The van der Waals surface area contributed by atoms with E-state index in [9.17, 15) is 25.1 Å². The van der Waals surface area contributed by atoms with Crippen LogP contribution < -0.4 is 5.32 Å². The van der Waals surface area contributed by atoms with Crippen LogP contribution in [-0.4, -0.2) is 46.1 Å². The minimum absolute atomic E-state index is 0.00931. The molecule has 1 atom stereocenters. The number of fused-ring (bicyclic) bond motifs is 4. The summed E-state index contributed by atoms with van der Waals surface area (Å²) in [5.74, 6) is -0.915. The van der Waals surface area contributed by atoms with Crippen molar-refractivity contribution in [2.24, 2.45) is 10.2 Å². The van der Waals surface area contributed by atoms with Crippen LogP contribution in [0.3, 0.4) is 0 Å². The highest BCUT2D eigenvalue weighted by Gasteiger charge is 2.38. The molecule has 9 nitrogen and oxygen atoms in total. The van der Waals surface area contributed by atoms with Crippen LogP contribution >= 0.6 is 15.9 Å². The Kier molecular flexibility index (Phi) is 5.31. The van der Waals surface area contributed by atoms with Gasteiger partial charge in [-0.2, -0.15) is 5.26 Å². The fraction of sp³-hybridized carbons (Fsp3) is 0.208. The van der Waals surface area contributed by atoms with Crippen molar-refractivity contribution in [3.8, 4) is 11.8 Å². The number of amides is 2. The topological polar surface area (TPSA) is 138 Å². The average molecular weight is 520 g/mol. The summed E-state index contributed by atoms with van der Waals surface area (Å²) in [5.41, 5.74) is 2.46. The molecule has 0 aliphatic carbocycles. The van der Waals surface area contributed by atoms with Crippen LogP contribution in [0.25, 0.3) is 10.8 Å². The monoisotopic (exact) mass is 519 g/mol. The van der Waals surface area contributed by atoms with E-state index in [0.29, 0.717) is 24.0 Å². The van der Waals surface area contributed by atoms with Crippen LogP contribution in [0.2, 0.25) is 0 Å². The number of carbonyl (C=O) groups excluding carboxylic acids is 2. The summed E-state index contributed by atoms with van der Waals surface area (Å²) < 4.78 is 0.211. The number of aromatic hydroxyl groups is 1. The predicted molar refractivity (Wildman–Crippen MR) is 128 cm³/mol. The van der Waals surface area contributed by atoms with E-state index in [-0.39, 0.29) is 39.1 Å². The quantitative estimate of drug-likeness (QED) is 0.343. The van der Waals surface area contributed by atoms with E-state index in [2.05, 4.69) is 31.5 Å². The van der Waals surface area contributed by atoms with Gasteiger partial charge in [0.25, 0.3) is 11.8 Å². The molecule has 2 aliphatic rings. The normalized spacial score (nSPS) is 17.1. The van der Waals surface area contributed by atoms with Crippen molar-refractivity contribution in [3.05, 3.63) is 57.1 Å². The first-order chi connectivity index (χ1) is 16.3. The number of anilines is 1. The number of phenolic OH excluding ortho intramolecular Hbond substituents is 1. The molecule has 3 aromatic rings. The molecule has 0 fully saturated rings. The number of aliphatic hydroxyl groups excluding tert-OH is 1. The number of β-amino-alcohol motifs (C(OH)–C–C–N with tert-alkyl or cyclic N) is 1. The molecule has 1 unspecified atom stereocenters. The Bertz CT molecular complexity index is 1480. The highest BCUT2D eigenvalue weighted by atomic mass is 79.9. The van der Waals surface area contributed by atoms with Gasteiger partial charge in [-0.05, 0) is 46.6 Å². The summed E-state index contributed by atoms with van der Waals surface area (Å²) >= 11 is 3.36. The number of hydrogen-bond acceptors (Lipinski definition) is 8. The fourth-order valence-electron chi connectivity index (χ4n) is 4.46. The molecule has 0 aromatic heterocycles. The molecule has 10 heteroatoms. The number of nitrogens with zero attached hydrogens (tertiary/aromatic N) is 4. The van der Waals surface area contributed by atoms with E-state index >= 15 is 0 Å². The van der Waals surface area contributed by atoms with Crippen molar-refractivity contribution in [3.63, 3.8) is 0 Å². The van der Waals surface area contributed by atoms with Crippen LogP contribution in [0.5, 0.6) is 5.75 Å². The second-order valence-corrected chi connectivity index (χ2v) is 8.84. The van der Waals surface area contributed by atoms with Crippen molar-refractivity contribution >= 4 is 55.6 Å². The molecule has 170 valence electrons. The van der Waals surface area contributed by atoms with Gasteiger partial charge in [-0.25, -0.2) is 0 Å². The number of carbonyl (C=O) groups is 2. The number of aliphatic hydroxyl groups is 1. The molecule has 34 heavy (non-hydrogen) atoms. The summed E-state index contributed by atoms with van der Waals surface area (Å²) in [4.78, 5) is 26.4. The van der Waals surface area contributed by atoms with Crippen molar-refractivity contribution < 1.29 is 19.8 Å². The fourth-order valence-corrected chi connectivity index (χ4v) is 5.13. The first-order valence-corrected chi connectivity index (χ1v) is 11.4. The molecule has 3 aromatic carbocycles. The first-order valence-electron chi connectivity index (χ1n) is 10.6. The van der Waals surface area contributed by atoms with Gasteiger partial charge in [-0.3, -0.25) is 14.5 Å². The van der Waals surface area contributed by atoms with E-state index in [4.69, 9.17) is 0 Å². The number of hydrogen-bond donors (Lipinski definition) is 3. The molecule has 2 heterocycles. The number of azo groups is 1. The summed E-state index contributed by atoms with van der Waals surface area (Å²) in [6.07, 6.45) is -0.153. The summed E-state index contributed by atoms with van der Waals surface area (Å²) in [6.45, 7) is 2.30. The van der Waals surface area contributed by atoms with Gasteiger partial charge < -0.3 is 15.5 Å². The Hall–Kier alpha value is -3.81. The number of imide groups is 1. The maximum atomic E-state index is 12.8. The average Bonchev–Trinajstić information content (AvgIpc) is 3.06. The minimum atomic E-state index is -0.562. The zero-order chi connectivity index (χ0) is 24.1. The molecule has 0 bridgehead atoms. The number of rotatable bonds is 3. The number of nitrogens with one attached hydrogen (secondary N) is 1. The van der Waals surface area contributed by atoms with Gasteiger partial charge >= 0.3 is 0 Å². The van der Waals surface area contributed by atoms with Crippen LogP contribution in [0, 0.1) is 11.3 Å². The van der Waals surface area contributed by atoms with Crippen molar-refractivity contribution in [2.45, 2.75) is 19.4 Å². The second-order valence-electron chi connectivity index (χ2n) is 8.04. The van der Waals surface area contributed by atoms with Crippen LogP contribution in [0.1, 0.15) is 38.8 Å². The third-order valence-electron chi connectivity index (χ3n) is 6.04. The van der Waals surface area contributed by atoms with Crippen molar-refractivity contribution in [1.29, 1.82) is 5.26 Å². The highest BCUT2D eigenvalue weighted by molar-refractivity contribution is 9.10. The zero-order valence-corrected chi connectivity index (χ0v) is 19.5. The third kappa shape index (κ3) is 3.24. The Labute approximate surface area is 202 Å². The number of phenols is 1. The lowest BCUT2D eigenvalue weighted by atomic mass is 9.95. The van der Waals surface area contributed by atoms with Gasteiger partial charge in [0.05, 0.1) is 38.3 Å². The Morgan fingerprint density at radius 3 is 2.79 bits per heavy atom. The molecule has 5 rings (SSSR count). The van der Waals surface area contributed by atoms with Gasteiger partial charge in [0.2, 0.25) is 0 Å². The second kappa shape index (κ2) is 8.20. The Morgan fingerprint density at radius 2 is 2.06 bits per heavy atom. The molecule has 0 radical (unpaired) electrons. The lowest BCUT2D eigenvalue weighted by molar-refractivity contribution is 0.0662. The lowest BCUT2D eigenvalue weighted by Gasteiger charge is -2.24. The third-order valence-corrected chi connectivity index (χ3v) is 6.81. The number of halogens is 1. The molecule has 0 spiro atoms. The maximum Gasteiger partial charge on any atom is 0.262 e. The van der Waals surface area contributed by atoms with Gasteiger partial charge in [0, 0.05) is 30.6 Å². The van der Waals surface area contributed by atoms with Crippen molar-refractivity contribution in [2.75, 3.05) is 18.4 Å². The summed E-state index contributed by atoms with van der Waals surface area (Å²) in [5, 5.41) is 43.4. The maximum absolute atomic E-state index is 12.8. The molecule has 3 N–H and O–H groups in total.